The summed E-state index contributed by atoms with van der Waals surface area (Å²) in [4.78, 5) is 22.6. The third-order valence-corrected chi connectivity index (χ3v) is 7.89. The van der Waals surface area contributed by atoms with Crippen LogP contribution in [0.1, 0.15) is 58.3 Å². The monoisotopic (exact) mass is 496 g/mol. The van der Waals surface area contributed by atoms with Crippen molar-refractivity contribution in [3.8, 4) is 22.2 Å². The number of carboxylic acids is 1. The maximum absolute atomic E-state index is 12.2. The van der Waals surface area contributed by atoms with Crippen LogP contribution in [0.3, 0.4) is 0 Å². The fourth-order valence-corrected chi connectivity index (χ4v) is 5.86. The van der Waals surface area contributed by atoms with Crippen LogP contribution in [0.15, 0.2) is 47.6 Å². The van der Waals surface area contributed by atoms with Gasteiger partial charge in [-0.15, -0.1) is 21.5 Å². The number of benzene rings is 1. The molecule has 5 rings (SSSR count). The standard InChI is InChI=1S/C27H24N6O2S/c1-5-21(27(34)35)24-25-32-31-16(4)33(25)26-22(14(2)15(3)36-26)23(30-24)18-8-6-17(7-9-18)19-10-11-29-20(12-19)13-28/h6-12,21,24H,5H2,1-4H3,(H,34,35)/t21?,24-/m0/s1. The van der Waals surface area contributed by atoms with Crippen molar-refractivity contribution < 1.29 is 9.90 Å². The number of pyridine rings is 1. The van der Waals surface area contributed by atoms with Crippen LogP contribution < -0.4 is 0 Å². The van der Waals surface area contributed by atoms with Gasteiger partial charge in [-0.3, -0.25) is 14.4 Å². The molecule has 4 heterocycles. The summed E-state index contributed by atoms with van der Waals surface area (Å²) in [6.45, 7) is 7.89. The smallest absolute Gasteiger partial charge is 0.309 e. The van der Waals surface area contributed by atoms with E-state index < -0.39 is 17.9 Å². The van der Waals surface area contributed by atoms with Gasteiger partial charge in [0.2, 0.25) is 0 Å². The van der Waals surface area contributed by atoms with Gasteiger partial charge in [0.15, 0.2) is 5.82 Å². The first-order valence-electron chi connectivity index (χ1n) is 11.6. The second-order valence-corrected chi connectivity index (χ2v) is 10.0. The number of hydrogen-bond donors (Lipinski definition) is 1. The summed E-state index contributed by atoms with van der Waals surface area (Å²) in [5.41, 5.74) is 5.93. The van der Waals surface area contributed by atoms with E-state index in [1.165, 1.54) is 0 Å². The van der Waals surface area contributed by atoms with Gasteiger partial charge in [0, 0.05) is 22.2 Å². The van der Waals surface area contributed by atoms with Crippen LogP contribution in [-0.4, -0.2) is 36.5 Å². The molecule has 3 aromatic heterocycles. The maximum atomic E-state index is 12.2. The van der Waals surface area contributed by atoms with Gasteiger partial charge in [-0.25, -0.2) is 4.98 Å². The average Bonchev–Trinajstić information content (AvgIpc) is 3.35. The predicted molar refractivity (Wildman–Crippen MR) is 138 cm³/mol. The van der Waals surface area contributed by atoms with Gasteiger partial charge < -0.3 is 5.11 Å². The lowest BCUT2D eigenvalue weighted by atomic mass is 9.95. The first-order valence-corrected chi connectivity index (χ1v) is 12.5. The summed E-state index contributed by atoms with van der Waals surface area (Å²) in [5.74, 6) is -0.386. The van der Waals surface area contributed by atoms with Gasteiger partial charge >= 0.3 is 5.97 Å². The summed E-state index contributed by atoms with van der Waals surface area (Å²) in [5, 5.41) is 28.9. The van der Waals surface area contributed by atoms with Crippen LogP contribution in [0.4, 0.5) is 0 Å². The van der Waals surface area contributed by atoms with E-state index in [1.54, 1.807) is 23.6 Å². The van der Waals surface area contributed by atoms with Crippen molar-refractivity contribution in [1.82, 2.24) is 19.7 Å². The maximum Gasteiger partial charge on any atom is 0.309 e. The van der Waals surface area contributed by atoms with Gasteiger partial charge in [0.05, 0.1) is 11.6 Å². The third kappa shape index (κ3) is 3.80. The topological polar surface area (TPSA) is 117 Å². The third-order valence-electron chi connectivity index (χ3n) is 6.69. The predicted octanol–water partition coefficient (Wildman–Crippen LogP) is 5.19. The van der Waals surface area contributed by atoms with E-state index in [0.29, 0.717) is 23.8 Å². The number of aliphatic imine (C=N–C) groups is 1. The second-order valence-electron chi connectivity index (χ2n) is 8.80. The van der Waals surface area contributed by atoms with Gasteiger partial charge in [-0.05, 0) is 56.0 Å². The van der Waals surface area contributed by atoms with Crippen LogP contribution in [0.25, 0.3) is 16.1 Å². The van der Waals surface area contributed by atoms with Crippen LogP contribution in [-0.2, 0) is 4.79 Å². The number of aromatic nitrogens is 4. The Morgan fingerprint density at radius 2 is 1.86 bits per heavy atom. The summed E-state index contributed by atoms with van der Waals surface area (Å²) >= 11 is 1.64. The molecule has 0 aliphatic carbocycles. The second kappa shape index (κ2) is 9.13. The number of rotatable bonds is 5. The normalized spacial score (nSPS) is 15.3. The molecule has 0 saturated heterocycles. The highest BCUT2D eigenvalue weighted by atomic mass is 32.1. The van der Waals surface area contributed by atoms with Crippen LogP contribution in [0, 0.1) is 38.0 Å². The zero-order valence-electron chi connectivity index (χ0n) is 20.4. The number of nitriles is 1. The molecular weight excluding hydrogens is 472 g/mol. The largest absolute Gasteiger partial charge is 0.481 e. The molecule has 0 bridgehead atoms. The summed E-state index contributed by atoms with van der Waals surface area (Å²) in [6, 6.07) is 13.0. The molecule has 2 atom stereocenters. The van der Waals surface area contributed by atoms with Gasteiger partial charge in [0.25, 0.3) is 0 Å². The number of hydrogen-bond acceptors (Lipinski definition) is 7. The highest BCUT2D eigenvalue weighted by molar-refractivity contribution is 7.15. The SMILES string of the molecule is CCC(C(=O)O)[C@@H]1N=C(c2ccc(-c3ccnc(C#N)c3)cc2)c2c(sc(C)c2C)-n2c(C)nnc21. The molecule has 0 saturated carbocycles. The molecule has 1 unspecified atom stereocenters. The zero-order chi connectivity index (χ0) is 25.6. The van der Waals surface area contributed by atoms with E-state index in [2.05, 4.69) is 35.1 Å². The minimum absolute atomic E-state index is 0.360. The van der Waals surface area contributed by atoms with E-state index in [-0.39, 0.29) is 0 Å². The highest BCUT2D eigenvalue weighted by Crippen LogP contribution is 2.41. The van der Waals surface area contributed by atoms with Crippen molar-refractivity contribution in [3.05, 3.63) is 81.5 Å². The van der Waals surface area contributed by atoms with Crippen LogP contribution in [0.2, 0.25) is 0 Å². The van der Waals surface area contributed by atoms with Crippen LogP contribution in [0.5, 0.6) is 0 Å². The first-order chi connectivity index (χ1) is 17.3. The Morgan fingerprint density at radius 1 is 1.14 bits per heavy atom. The number of aliphatic carboxylic acids is 1. The Balaban J connectivity index is 1.71. The number of nitrogens with zero attached hydrogens (tertiary/aromatic N) is 6. The number of carboxylic acid groups (broad SMARTS) is 1. The molecule has 0 fully saturated rings. The molecule has 36 heavy (non-hydrogen) atoms. The summed E-state index contributed by atoms with van der Waals surface area (Å²) in [7, 11) is 0. The lowest BCUT2D eigenvalue weighted by Gasteiger charge is -2.19. The molecule has 0 spiro atoms. The van der Waals surface area contributed by atoms with Crippen molar-refractivity contribution >= 4 is 23.0 Å². The zero-order valence-corrected chi connectivity index (χ0v) is 21.2. The van der Waals surface area contributed by atoms with Gasteiger partial charge in [-0.1, -0.05) is 31.2 Å². The van der Waals surface area contributed by atoms with Crippen LogP contribution >= 0.6 is 11.3 Å². The molecule has 4 aromatic rings. The molecule has 1 aliphatic rings. The highest BCUT2D eigenvalue weighted by Gasteiger charge is 2.37. The van der Waals surface area contributed by atoms with Crippen molar-refractivity contribution in [2.24, 2.45) is 10.9 Å². The number of fused-ring (bicyclic) bond motifs is 3. The quantitative estimate of drug-likeness (QED) is 0.406. The number of thiophene rings is 1. The minimum atomic E-state index is -0.905. The number of aryl methyl sites for hydroxylation is 2. The lowest BCUT2D eigenvalue weighted by Crippen LogP contribution is -2.23. The molecule has 180 valence electrons. The Labute approximate surface area is 212 Å². The Kier molecular flexibility index (Phi) is 5.98. The van der Waals surface area contributed by atoms with Gasteiger partial charge in [0.1, 0.15) is 28.6 Å². The minimum Gasteiger partial charge on any atom is -0.481 e. The van der Waals surface area contributed by atoms with Crippen molar-refractivity contribution in [2.45, 2.75) is 40.2 Å². The number of carbonyl (C=O) groups is 1. The molecule has 0 amide bonds. The first kappa shape index (κ1) is 23.6. The van der Waals surface area contributed by atoms with Gasteiger partial charge in [-0.2, -0.15) is 5.26 Å². The fourth-order valence-electron chi connectivity index (χ4n) is 4.64. The average molecular weight is 497 g/mol. The molecule has 9 heteroatoms. The molecule has 0 radical (unpaired) electrons. The van der Waals surface area contributed by atoms with Crippen molar-refractivity contribution in [1.29, 1.82) is 5.26 Å². The molecule has 1 N–H and O–H groups in total. The molecule has 8 nitrogen and oxygen atoms in total. The van der Waals surface area contributed by atoms with E-state index in [0.717, 1.165) is 43.4 Å². The fraction of sp³-hybridized carbons (Fsp3) is 0.259. The van der Waals surface area contributed by atoms with E-state index in [1.807, 2.05) is 48.7 Å². The summed E-state index contributed by atoms with van der Waals surface area (Å²) in [6.07, 6.45) is 2.04. The van der Waals surface area contributed by atoms with E-state index in [4.69, 9.17) is 4.99 Å². The summed E-state index contributed by atoms with van der Waals surface area (Å²) < 4.78 is 1.97. The Morgan fingerprint density at radius 3 is 2.53 bits per heavy atom. The van der Waals surface area contributed by atoms with E-state index in [9.17, 15) is 15.2 Å². The van der Waals surface area contributed by atoms with E-state index >= 15 is 0 Å². The Hall–Kier alpha value is -4.16. The Bertz CT molecular complexity index is 1560. The lowest BCUT2D eigenvalue weighted by molar-refractivity contribution is -0.142. The molecule has 1 aliphatic heterocycles. The molecule has 1 aromatic carbocycles. The molecular formula is C27H24N6O2S. The van der Waals surface area contributed by atoms with Crippen molar-refractivity contribution in [2.75, 3.05) is 0 Å². The van der Waals surface area contributed by atoms with Crippen molar-refractivity contribution in [3.63, 3.8) is 0 Å².